The van der Waals surface area contributed by atoms with Gasteiger partial charge in [-0.05, 0) is 25.0 Å². The summed E-state index contributed by atoms with van der Waals surface area (Å²) in [5.74, 6) is 0.869. The number of allylic oxidation sites excluding steroid dienone is 2. The molecular weight excluding hydrogens is 288 g/mol. The van der Waals surface area contributed by atoms with Crippen LogP contribution in [0.15, 0.2) is 47.1 Å². The van der Waals surface area contributed by atoms with E-state index in [0.717, 1.165) is 42.3 Å². The Hall–Kier alpha value is -2.33. The predicted molar refractivity (Wildman–Crippen MR) is 88.6 cm³/mol. The zero-order valence-corrected chi connectivity index (χ0v) is 13.5. The summed E-state index contributed by atoms with van der Waals surface area (Å²) in [5.41, 5.74) is 5.79. The zero-order chi connectivity index (χ0) is 15.8. The fraction of sp³-hybridized carbons (Fsp3) is 0.316. The Morgan fingerprint density at radius 3 is 2.65 bits per heavy atom. The molecule has 1 fully saturated rings. The van der Waals surface area contributed by atoms with Crippen molar-refractivity contribution in [3.63, 3.8) is 0 Å². The largest absolute Gasteiger partial charge is 0.369 e. The summed E-state index contributed by atoms with van der Waals surface area (Å²) < 4.78 is 10.6. The lowest BCUT2D eigenvalue weighted by atomic mass is 10.0. The number of aromatic nitrogens is 1. The van der Waals surface area contributed by atoms with E-state index in [0.29, 0.717) is 6.10 Å². The first-order valence-electron chi connectivity index (χ1n) is 7.97. The van der Waals surface area contributed by atoms with Crippen LogP contribution in [-0.2, 0) is 11.3 Å². The minimum Gasteiger partial charge on any atom is -0.369 e. The molecular formula is C19H20N2O2. The number of nitrogens with zero attached hydrogens (tertiary/aromatic N) is 2. The molecule has 4 rings (SSSR count). The number of epoxide rings is 1. The Kier molecular flexibility index (Phi) is 3.54. The minimum absolute atomic E-state index is 0.327. The van der Waals surface area contributed by atoms with Crippen molar-refractivity contribution in [1.82, 2.24) is 10.1 Å². The van der Waals surface area contributed by atoms with Crippen LogP contribution in [0, 0.1) is 13.8 Å². The summed E-state index contributed by atoms with van der Waals surface area (Å²) in [6, 6.07) is 8.73. The zero-order valence-electron chi connectivity index (χ0n) is 13.5. The quantitative estimate of drug-likeness (QED) is 0.806. The van der Waals surface area contributed by atoms with Crippen LogP contribution >= 0.6 is 0 Å². The lowest BCUT2D eigenvalue weighted by Crippen LogP contribution is -2.19. The molecule has 0 amide bonds. The van der Waals surface area contributed by atoms with Gasteiger partial charge in [0.1, 0.15) is 11.9 Å². The topological polar surface area (TPSA) is 41.8 Å². The molecule has 2 aromatic rings. The number of benzene rings is 1. The second-order valence-corrected chi connectivity index (χ2v) is 6.18. The van der Waals surface area contributed by atoms with Gasteiger partial charge >= 0.3 is 0 Å². The van der Waals surface area contributed by atoms with Crippen molar-refractivity contribution in [1.29, 1.82) is 0 Å². The van der Waals surface area contributed by atoms with Crippen LogP contribution in [0.4, 0.5) is 0 Å². The van der Waals surface area contributed by atoms with Gasteiger partial charge in [0.25, 0.3) is 0 Å². The van der Waals surface area contributed by atoms with E-state index in [2.05, 4.69) is 52.7 Å². The molecule has 23 heavy (non-hydrogen) atoms. The highest BCUT2D eigenvalue weighted by Crippen LogP contribution is 2.30. The van der Waals surface area contributed by atoms with Gasteiger partial charge in [0.2, 0.25) is 0 Å². The Morgan fingerprint density at radius 1 is 1.22 bits per heavy atom. The van der Waals surface area contributed by atoms with Crippen molar-refractivity contribution < 1.29 is 9.26 Å². The molecule has 0 spiro atoms. The predicted octanol–water partition coefficient (Wildman–Crippen LogP) is 3.78. The molecule has 0 saturated carbocycles. The van der Waals surface area contributed by atoms with Crippen LogP contribution in [0.3, 0.4) is 0 Å². The molecule has 1 saturated heterocycles. The first kappa shape index (κ1) is 14.3. The third-order valence-corrected chi connectivity index (χ3v) is 4.35. The van der Waals surface area contributed by atoms with Crippen molar-refractivity contribution in [3.05, 3.63) is 70.8 Å². The highest BCUT2D eigenvalue weighted by molar-refractivity contribution is 5.76. The second kappa shape index (κ2) is 5.70. The second-order valence-electron chi connectivity index (χ2n) is 6.18. The number of hydrogen-bond donors (Lipinski definition) is 0. The third-order valence-electron chi connectivity index (χ3n) is 4.35. The molecule has 1 aromatic carbocycles. The molecule has 0 bridgehead atoms. The van der Waals surface area contributed by atoms with Gasteiger partial charge < -0.3 is 14.2 Å². The van der Waals surface area contributed by atoms with Crippen LogP contribution in [0.1, 0.15) is 34.2 Å². The maximum Gasteiger partial charge on any atom is 0.141 e. The van der Waals surface area contributed by atoms with Crippen molar-refractivity contribution in [3.8, 4) is 0 Å². The highest BCUT2D eigenvalue weighted by atomic mass is 16.6. The van der Waals surface area contributed by atoms with E-state index in [4.69, 9.17) is 9.26 Å². The normalized spacial score (nSPS) is 19.8. The average molecular weight is 308 g/mol. The smallest absolute Gasteiger partial charge is 0.141 e. The molecule has 1 unspecified atom stereocenters. The van der Waals surface area contributed by atoms with E-state index in [1.165, 1.54) is 11.1 Å². The van der Waals surface area contributed by atoms with E-state index in [1.807, 2.05) is 13.8 Å². The number of ether oxygens (including phenoxy) is 1. The lowest BCUT2D eigenvalue weighted by Gasteiger charge is -2.23. The van der Waals surface area contributed by atoms with Gasteiger partial charge in [-0.15, -0.1) is 0 Å². The van der Waals surface area contributed by atoms with Gasteiger partial charge in [-0.25, -0.2) is 0 Å². The Bertz CT molecular complexity index is 748. The van der Waals surface area contributed by atoms with Gasteiger partial charge in [-0.1, -0.05) is 41.6 Å². The Labute approximate surface area is 136 Å². The van der Waals surface area contributed by atoms with Gasteiger partial charge in [0.05, 0.1) is 12.3 Å². The van der Waals surface area contributed by atoms with Gasteiger partial charge in [-0.3, -0.25) is 0 Å². The van der Waals surface area contributed by atoms with E-state index in [-0.39, 0.29) is 0 Å². The summed E-state index contributed by atoms with van der Waals surface area (Å²) in [5, 5.41) is 4.05. The molecule has 4 heteroatoms. The Balaban J connectivity index is 1.52. The van der Waals surface area contributed by atoms with Gasteiger partial charge in [-0.2, -0.15) is 0 Å². The Morgan fingerprint density at radius 2 is 2.00 bits per heavy atom. The SMILES string of the molecule is Cc1noc(C)c1C1=CN(Cc2ccc(C3CO3)cc2)CC=C1. The molecule has 0 aliphatic carbocycles. The van der Waals surface area contributed by atoms with Crippen LogP contribution in [0.2, 0.25) is 0 Å². The lowest BCUT2D eigenvalue weighted by molar-refractivity contribution is 0.392. The average Bonchev–Trinajstić information content (AvgIpc) is 3.34. The third kappa shape index (κ3) is 2.94. The van der Waals surface area contributed by atoms with E-state index in [1.54, 1.807) is 0 Å². The fourth-order valence-electron chi connectivity index (χ4n) is 3.07. The molecule has 2 aliphatic rings. The van der Waals surface area contributed by atoms with Crippen molar-refractivity contribution in [2.45, 2.75) is 26.5 Å². The summed E-state index contributed by atoms with van der Waals surface area (Å²) in [6.45, 7) is 6.61. The maximum absolute atomic E-state index is 5.32. The molecule has 2 aliphatic heterocycles. The number of aryl methyl sites for hydroxylation is 2. The van der Waals surface area contributed by atoms with E-state index >= 15 is 0 Å². The molecule has 3 heterocycles. The molecule has 1 atom stereocenters. The number of hydrogen-bond acceptors (Lipinski definition) is 4. The maximum atomic E-state index is 5.32. The van der Waals surface area contributed by atoms with Gasteiger partial charge in [0.15, 0.2) is 0 Å². The summed E-state index contributed by atoms with van der Waals surface area (Å²) in [4.78, 5) is 2.31. The van der Waals surface area contributed by atoms with Crippen molar-refractivity contribution >= 4 is 5.57 Å². The van der Waals surface area contributed by atoms with E-state index in [9.17, 15) is 0 Å². The number of rotatable bonds is 4. The fourth-order valence-corrected chi connectivity index (χ4v) is 3.07. The summed E-state index contributed by atoms with van der Waals surface area (Å²) >= 11 is 0. The monoisotopic (exact) mass is 308 g/mol. The highest BCUT2D eigenvalue weighted by Gasteiger charge is 2.24. The van der Waals surface area contributed by atoms with Crippen molar-refractivity contribution in [2.75, 3.05) is 13.2 Å². The molecule has 0 radical (unpaired) electrons. The van der Waals surface area contributed by atoms with Crippen LogP contribution in [0.5, 0.6) is 0 Å². The van der Waals surface area contributed by atoms with Crippen molar-refractivity contribution in [2.24, 2.45) is 0 Å². The van der Waals surface area contributed by atoms with Crippen LogP contribution in [0.25, 0.3) is 5.57 Å². The van der Waals surface area contributed by atoms with Crippen LogP contribution < -0.4 is 0 Å². The van der Waals surface area contributed by atoms with Gasteiger partial charge in [0, 0.05) is 30.4 Å². The van der Waals surface area contributed by atoms with Crippen LogP contribution in [-0.4, -0.2) is 23.2 Å². The molecule has 4 nitrogen and oxygen atoms in total. The minimum atomic E-state index is 0.327. The first-order valence-corrected chi connectivity index (χ1v) is 7.97. The van der Waals surface area contributed by atoms with E-state index < -0.39 is 0 Å². The molecule has 0 N–H and O–H groups in total. The summed E-state index contributed by atoms with van der Waals surface area (Å²) in [7, 11) is 0. The molecule has 118 valence electrons. The summed E-state index contributed by atoms with van der Waals surface area (Å²) in [6.07, 6.45) is 6.86. The molecule has 1 aromatic heterocycles. The standard InChI is InChI=1S/C19H20N2O2/c1-13-19(14(2)23-20-13)17-4-3-9-21(11-17)10-15-5-7-16(8-6-15)18-12-22-18/h3-8,11,18H,9-10,12H2,1-2H3. The first-order chi connectivity index (χ1) is 11.2.